The molecule has 0 saturated heterocycles. The Kier molecular flexibility index (Phi) is 5.16. The molecule has 0 spiro atoms. The van der Waals surface area contributed by atoms with Crippen molar-refractivity contribution in [3.63, 3.8) is 0 Å². The Morgan fingerprint density at radius 2 is 1.94 bits per heavy atom. The zero-order chi connectivity index (χ0) is 13.7. The Morgan fingerprint density at radius 3 is 2.50 bits per heavy atom. The Labute approximate surface area is 109 Å². The Bertz CT molecular complexity index is 405. The number of primary amides is 1. The van der Waals surface area contributed by atoms with Gasteiger partial charge < -0.3 is 10.5 Å². The van der Waals surface area contributed by atoms with E-state index in [0.717, 1.165) is 11.3 Å². The van der Waals surface area contributed by atoms with E-state index in [0.29, 0.717) is 0 Å². The van der Waals surface area contributed by atoms with Crippen LogP contribution < -0.4 is 15.8 Å². The second-order valence-electron chi connectivity index (χ2n) is 4.75. The van der Waals surface area contributed by atoms with Crippen molar-refractivity contribution >= 4 is 5.91 Å². The van der Waals surface area contributed by atoms with Gasteiger partial charge in [0.1, 0.15) is 5.75 Å². The number of ether oxygens (including phenoxy) is 1. The third-order valence-corrected chi connectivity index (χ3v) is 2.66. The van der Waals surface area contributed by atoms with Gasteiger partial charge in [0.25, 0.3) is 0 Å². The predicted octanol–water partition coefficient (Wildman–Crippen LogP) is 2.00. The molecule has 1 amide bonds. The first kappa shape index (κ1) is 14.5. The lowest BCUT2D eigenvalue weighted by atomic mass is 10.1. The number of carbonyl (C=O) groups excluding carboxylic acids is 1. The molecule has 100 valence electrons. The summed E-state index contributed by atoms with van der Waals surface area (Å²) in [6, 6.07) is 7.54. The molecule has 0 bridgehead atoms. The van der Waals surface area contributed by atoms with Crippen LogP contribution >= 0.6 is 0 Å². The fraction of sp³-hybridized carbons (Fsp3) is 0.500. The van der Waals surface area contributed by atoms with E-state index in [1.165, 1.54) is 0 Å². The van der Waals surface area contributed by atoms with Crippen LogP contribution in [0.5, 0.6) is 5.75 Å². The van der Waals surface area contributed by atoms with E-state index in [2.05, 4.69) is 5.32 Å². The highest BCUT2D eigenvalue weighted by Crippen LogP contribution is 2.20. The van der Waals surface area contributed by atoms with Gasteiger partial charge >= 0.3 is 0 Å². The Hall–Kier alpha value is -1.55. The monoisotopic (exact) mass is 250 g/mol. The van der Waals surface area contributed by atoms with Crippen LogP contribution in [0.3, 0.4) is 0 Å². The summed E-state index contributed by atoms with van der Waals surface area (Å²) in [7, 11) is 0. The van der Waals surface area contributed by atoms with Gasteiger partial charge in [-0.15, -0.1) is 0 Å². The molecule has 1 aromatic carbocycles. The van der Waals surface area contributed by atoms with E-state index >= 15 is 0 Å². The van der Waals surface area contributed by atoms with Gasteiger partial charge in [0.2, 0.25) is 5.91 Å². The topological polar surface area (TPSA) is 64.3 Å². The van der Waals surface area contributed by atoms with E-state index in [4.69, 9.17) is 10.5 Å². The van der Waals surface area contributed by atoms with Gasteiger partial charge in [-0.1, -0.05) is 12.1 Å². The third kappa shape index (κ3) is 4.37. The highest BCUT2D eigenvalue weighted by Gasteiger charge is 2.13. The van der Waals surface area contributed by atoms with Crippen LogP contribution in [0.25, 0.3) is 0 Å². The Morgan fingerprint density at radius 1 is 1.28 bits per heavy atom. The van der Waals surface area contributed by atoms with Crippen molar-refractivity contribution in [2.75, 3.05) is 0 Å². The van der Waals surface area contributed by atoms with Crippen LogP contribution in [0.1, 0.15) is 39.3 Å². The summed E-state index contributed by atoms with van der Waals surface area (Å²) in [5.41, 5.74) is 6.30. The maximum Gasteiger partial charge on any atom is 0.234 e. The van der Waals surface area contributed by atoms with Gasteiger partial charge in [0.05, 0.1) is 12.1 Å². The normalized spacial score (nSPS) is 14.3. The molecular weight excluding hydrogens is 228 g/mol. The zero-order valence-corrected chi connectivity index (χ0v) is 11.4. The Balaban J connectivity index is 2.73. The summed E-state index contributed by atoms with van der Waals surface area (Å²) in [5.74, 6) is 0.485. The summed E-state index contributed by atoms with van der Waals surface area (Å²) in [5, 5.41) is 3.15. The van der Waals surface area contributed by atoms with Crippen LogP contribution in [0.15, 0.2) is 24.3 Å². The lowest BCUT2D eigenvalue weighted by Crippen LogP contribution is -2.39. The molecule has 3 N–H and O–H groups in total. The van der Waals surface area contributed by atoms with Crippen molar-refractivity contribution < 1.29 is 9.53 Å². The molecule has 0 fully saturated rings. The van der Waals surface area contributed by atoms with Crippen molar-refractivity contribution in [1.82, 2.24) is 5.32 Å². The van der Waals surface area contributed by atoms with Crippen molar-refractivity contribution in [2.45, 2.75) is 45.9 Å². The lowest BCUT2D eigenvalue weighted by molar-refractivity contribution is -0.119. The first-order chi connectivity index (χ1) is 8.40. The predicted molar refractivity (Wildman–Crippen MR) is 72.4 cm³/mol. The van der Waals surface area contributed by atoms with E-state index < -0.39 is 0 Å². The molecule has 0 aliphatic heterocycles. The standard InChI is InChI=1S/C14H22N2O2/c1-9(2)18-13-7-5-6-12(8-13)10(3)16-11(4)14(15)17/h5-11,16H,1-4H3,(H2,15,17)/t10-,11+/m1/s1. The van der Waals surface area contributed by atoms with Gasteiger partial charge in [-0.3, -0.25) is 10.1 Å². The van der Waals surface area contributed by atoms with Crippen LogP contribution in [0, 0.1) is 0 Å². The number of hydrogen-bond donors (Lipinski definition) is 2. The summed E-state index contributed by atoms with van der Waals surface area (Å²) >= 11 is 0. The average molecular weight is 250 g/mol. The number of rotatable bonds is 6. The minimum absolute atomic E-state index is 0.0446. The van der Waals surface area contributed by atoms with Crippen LogP contribution in [0.2, 0.25) is 0 Å². The molecule has 0 heterocycles. The van der Waals surface area contributed by atoms with Gasteiger partial charge in [0, 0.05) is 6.04 Å². The number of nitrogens with one attached hydrogen (secondary N) is 1. The lowest BCUT2D eigenvalue weighted by Gasteiger charge is -2.19. The van der Waals surface area contributed by atoms with Gasteiger partial charge in [-0.25, -0.2) is 0 Å². The van der Waals surface area contributed by atoms with Crippen molar-refractivity contribution in [3.8, 4) is 5.75 Å². The summed E-state index contributed by atoms with van der Waals surface area (Å²) in [6.45, 7) is 7.73. The summed E-state index contributed by atoms with van der Waals surface area (Å²) < 4.78 is 5.64. The third-order valence-electron chi connectivity index (χ3n) is 2.66. The molecule has 0 aliphatic rings. The number of hydrogen-bond acceptors (Lipinski definition) is 3. The van der Waals surface area contributed by atoms with Gasteiger partial charge in [0.15, 0.2) is 0 Å². The molecule has 0 saturated carbocycles. The summed E-state index contributed by atoms with van der Waals surface area (Å²) in [4.78, 5) is 11.0. The van der Waals surface area contributed by atoms with Crippen LogP contribution in [0.4, 0.5) is 0 Å². The molecule has 1 aromatic rings. The first-order valence-corrected chi connectivity index (χ1v) is 6.22. The number of benzene rings is 1. The maximum absolute atomic E-state index is 11.0. The fourth-order valence-corrected chi connectivity index (χ4v) is 1.68. The van der Waals surface area contributed by atoms with Gasteiger partial charge in [-0.05, 0) is 45.4 Å². The molecule has 0 aromatic heterocycles. The van der Waals surface area contributed by atoms with Crippen LogP contribution in [-0.2, 0) is 4.79 Å². The number of carbonyl (C=O) groups is 1. The molecule has 1 rings (SSSR count). The van der Waals surface area contributed by atoms with Crippen molar-refractivity contribution in [3.05, 3.63) is 29.8 Å². The van der Waals surface area contributed by atoms with E-state index in [9.17, 15) is 4.79 Å². The minimum Gasteiger partial charge on any atom is -0.491 e. The van der Waals surface area contributed by atoms with Crippen molar-refractivity contribution in [1.29, 1.82) is 0 Å². The van der Waals surface area contributed by atoms with E-state index in [1.807, 2.05) is 45.0 Å². The molecule has 0 radical (unpaired) electrons. The first-order valence-electron chi connectivity index (χ1n) is 6.22. The average Bonchev–Trinajstić information content (AvgIpc) is 2.28. The molecule has 2 atom stereocenters. The molecule has 4 nitrogen and oxygen atoms in total. The number of amides is 1. The number of nitrogens with two attached hydrogens (primary N) is 1. The fourth-order valence-electron chi connectivity index (χ4n) is 1.68. The van der Waals surface area contributed by atoms with E-state index in [-0.39, 0.29) is 24.1 Å². The summed E-state index contributed by atoms with van der Waals surface area (Å²) in [6.07, 6.45) is 0.146. The van der Waals surface area contributed by atoms with E-state index in [1.54, 1.807) is 6.92 Å². The molecule has 18 heavy (non-hydrogen) atoms. The molecule has 0 unspecified atom stereocenters. The maximum atomic E-state index is 11.0. The largest absolute Gasteiger partial charge is 0.491 e. The zero-order valence-electron chi connectivity index (χ0n) is 11.4. The van der Waals surface area contributed by atoms with Crippen LogP contribution in [-0.4, -0.2) is 18.1 Å². The highest BCUT2D eigenvalue weighted by atomic mass is 16.5. The smallest absolute Gasteiger partial charge is 0.234 e. The second-order valence-corrected chi connectivity index (χ2v) is 4.75. The SMILES string of the molecule is CC(C)Oc1cccc([C@@H](C)N[C@@H](C)C(N)=O)c1. The molecule has 0 aliphatic carbocycles. The van der Waals surface area contributed by atoms with Crippen molar-refractivity contribution in [2.24, 2.45) is 5.73 Å². The van der Waals surface area contributed by atoms with Gasteiger partial charge in [-0.2, -0.15) is 0 Å². The minimum atomic E-state index is -0.352. The molecule has 4 heteroatoms. The second kappa shape index (κ2) is 6.40. The highest BCUT2D eigenvalue weighted by molar-refractivity contribution is 5.79. The quantitative estimate of drug-likeness (QED) is 0.811. The molecular formula is C14H22N2O2.